The van der Waals surface area contributed by atoms with Gasteiger partial charge in [0.2, 0.25) is 5.88 Å². The molecule has 2 aromatic heterocycles. The number of imidazole rings is 1. The van der Waals surface area contributed by atoms with E-state index < -0.39 is 5.82 Å². The molecule has 1 amide bonds. The molecule has 168 valence electrons. The molecule has 2 aromatic carbocycles. The Morgan fingerprint density at radius 3 is 2.76 bits per heavy atom. The first-order valence-electron chi connectivity index (χ1n) is 10.6. The van der Waals surface area contributed by atoms with Crippen LogP contribution < -0.4 is 21.1 Å². The molecule has 0 saturated heterocycles. The van der Waals surface area contributed by atoms with E-state index >= 15 is 0 Å². The molecule has 1 aliphatic rings. The summed E-state index contributed by atoms with van der Waals surface area (Å²) in [6, 6.07) is 11.5. The summed E-state index contributed by atoms with van der Waals surface area (Å²) in [7, 11) is 1.77. The van der Waals surface area contributed by atoms with Crippen LogP contribution in [0.3, 0.4) is 0 Å². The average molecular weight is 446 g/mol. The van der Waals surface area contributed by atoms with E-state index in [2.05, 4.69) is 20.7 Å². The summed E-state index contributed by atoms with van der Waals surface area (Å²) in [5.74, 6) is -0.120. The number of hydrogen-bond donors (Lipinski definition) is 3. The Labute approximate surface area is 189 Å². The monoisotopic (exact) mass is 446 g/mol. The van der Waals surface area contributed by atoms with Gasteiger partial charge < -0.3 is 21.1 Å². The lowest BCUT2D eigenvalue weighted by Crippen LogP contribution is -2.26. The Morgan fingerprint density at radius 1 is 1.21 bits per heavy atom. The maximum Gasteiger partial charge on any atom is 0.251 e. The van der Waals surface area contributed by atoms with Crippen LogP contribution in [-0.4, -0.2) is 33.6 Å². The second kappa shape index (κ2) is 8.09. The standard InChI is InChI=1S/C24H23FN6O2/c1-13-9-14(3-7-17(13)24(32)29-16-5-6-16)20-12-28-23-19(27-2)11-22(30-31(20)23)33-21-10-15(25)4-8-18(21)26/h3-4,7-12,16,27H,5-6,26H2,1-2H3,(H,29,32). The number of nitrogen functional groups attached to an aromatic ring is 1. The summed E-state index contributed by atoms with van der Waals surface area (Å²) in [4.78, 5) is 17.0. The summed E-state index contributed by atoms with van der Waals surface area (Å²) < 4.78 is 21.1. The number of anilines is 2. The Bertz CT molecular complexity index is 1380. The Hall–Kier alpha value is -4.14. The predicted molar refractivity (Wildman–Crippen MR) is 124 cm³/mol. The average Bonchev–Trinajstić information content (AvgIpc) is 3.50. The van der Waals surface area contributed by atoms with Crippen molar-refractivity contribution in [2.75, 3.05) is 18.1 Å². The molecule has 5 rings (SSSR count). The van der Waals surface area contributed by atoms with Crippen LogP contribution in [0.5, 0.6) is 11.6 Å². The van der Waals surface area contributed by atoms with Gasteiger partial charge in [0.1, 0.15) is 5.82 Å². The molecule has 0 spiro atoms. The molecular weight excluding hydrogens is 423 g/mol. The number of benzene rings is 2. The molecule has 8 nitrogen and oxygen atoms in total. The molecule has 0 bridgehead atoms. The largest absolute Gasteiger partial charge is 0.435 e. The molecule has 4 aromatic rings. The highest BCUT2D eigenvalue weighted by Crippen LogP contribution is 2.32. The summed E-state index contributed by atoms with van der Waals surface area (Å²) in [5, 5.41) is 10.7. The number of fused-ring (bicyclic) bond motifs is 1. The molecule has 0 radical (unpaired) electrons. The fourth-order valence-electron chi connectivity index (χ4n) is 3.65. The van der Waals surface area contributed by atoms with Crippen molar-refractivity contribution in [1.29, 1.82) is 0 Å². The second-order valence-corrected chi connectivity index (χ2v) is 8.09. The first-order chi connectivity index (χ1) is 15.9. The molecule has 0 aliphatic heterocycles. The zero-order chi connectivity index (χ0) is 23.1. The fraction of sp³-hybridized carbons (Fsp3) is 0.208. The van der Waals surface area contributed by atoms with Crippen LogP contribution in [0.1, 0.15) is 28.8 Å². The van der Waals surface area contributed by atoms with Crippen LogP contribution in [0.4, 0.5) is 15.8 Å². The van der Waals surface area contributed by atoms with Gasteiger partial charge in [0, 0.05) is 36.3 Å². The van der Waals surface area contributed by atoms with E-state index in [1.54, 1.807) is 23.8 Å². The third kappa shape index (κ3) is 4.05. The fourth-order valence-corrected chi connectivity index (χ4v) is 3.65. The van der Waals surface area contributed by atoms with Crippen molar-refractivity contribution < 1.29 is 13.9 Å². The number of aromatic nitrogens is 3. The number of carbonyl (C=O) groups is 1. The smallest absolute Gasteiger partial charge is 0.251 e. The van der Waals surface area contributed by atoms with Crippen LogP contribution in [0.25, 0.3) is 16.9 Å². The molecule has 2 heterocycles. The second-order valence-electron chi connectivity index (χ2n) is 8.09. The van der Waals surface area contributed by atoms with E-state index in [9.17, 15) is 9.18 Å². The van der Waals surface area contributed by atoms with Crippen molar-refractivity contribution in [2.45, 2.75) is 25.8 Å². The van der Waals surface area contributed by atoms with Gasteiger partial charge in [-0.15, -0.1) is 5.10 Å². The van der Waals surface area contributed by atoms with Crippen molar-refractivity contribution in [3.63, 3.8) is 0 Å². The van der Waals surface area contributed by atoms with Crippen LogP contribution >= 0.6 is 0 Å². The first kappa shape index (κ1) is 20.7. The number of halogens is 1. The van der Waals surface area contributed by atoms with Gasteiger partial charge in [0.15, 0.2) is 11.4 Å². The van der Waals surface area contributed by atoms with Gasteiger partial charge in [-0.3, -0.25) is 4.79 Å². The van der Waals surface area contributed by atoms with Crippen LogP contribution in [0.2, 0.25) is 0 Å². The summed E-state index contributed by atoms with van der Waals surface area (Å²) in [6.07, 6.45) is 3.79. The highest BCUT2D eigenvalue weighted by Gasteiger charge is 2.24. The van der Waals surface area contributed by atoms with E-state index in [0.717, 1.165) is 29.7 Å². The minimum atomic E-state index is -0.460. The van der Waals surface area contributed by atoms with Crippen molar-refractivity contribution in [3.05, 3.63) is 65.6 Å². The number of nitrogens with two attached hydrogens (primary N) is 1. The van der Waals surface area contributed by atoms with Crippen molar-refractivity contribution in [1.82, 2.24) is 19.9 Å². The van der Waals surface area contributed by atoms with Gasteiger partial charge in [-0.2, -0.15) is 0 Å². The SMILES string of the molecule is CNc1cc(Oc2cc(F)ccc2N)nn2c(-c3ccc(C(=O)NC4CC4)c(C)c3)cnc12. The van der Waals surface area contributed by atoms with E-state index in [1.165, 1.54) is 18.2 Å². The third-order valence-corrected chi connectivity index (χ3v) is 5.58. The predicted octanol–water partition coefficient (Wildman–Crippen LogP) is 4.15. The molecule has 0 atom stereocenters. The summed E-state index contributed by atoms with van der Waals surface area (Å²) in [6.45, 7) is 1.91. The Morgan fingerprint density at radius 2 is 2.03 bits per heavy atom. The lowest BCUT2D eigenvalue weighted by molar-refractivity contribution is 0.0950. The number of carbonyl (C=O) groups excluding carboxylic acids is 1. The third-order valence-electron chi connectivity index (χ3n) is 5.58. The molecule has 4 N–H and O–H groups in total. The Balaban J connectivity index is 1.53. The number of aryl methyl sites for hydroxylation is 1. The molecule has 33 heavy (non-hydrogen) atoms. The van der Waals surface area contributed by atoms with Gasteiger partial charge in [0.25, 0.3) is 5.91 Å². The zero-order valence-electron chi connectivity index (χ0n) is 18.2. The van der Waals surface area contributed by atoms with E-state index in [1.807, 2.05) is 25.1 Å². The summed E-state index contributed by atoms with van der Waals surface area (Å²) >= 11 is 0. The Kier molecular flexibility index (Phi) is 5.08. The van der Waals surface area contributed by atoms with Crippen LogP contribution in [0.15, 0.2) is 48.7 Å². The van der Waals surface area contributed by atoms with E-state index in [4.69, 9.17) is 10.5 Å². The topological polar surface area (TPSA) is 107 Å². The molecule has 9 heteroatoms. The lowest BCUT2D eigenvalue weighted by Gasteiger charge is -2.12. The van der Waals surface area contributed by atoms with E-state index in [0.29, 0.717) is 28.6 Å². The van der Waals surface area contributed by atoms with Crippen molar-refractivity contribution in [3.8, 4) is 22.9 Å². The van der Waals surface area contributed by atoms with Gasteiger partial charge in [0.05, 0.1) is 23.3 Å². The maximum atomic E-state index is 13.7. The number of rotatable bonds is 6. The van der Waals surface area contributed by atoms with Gasteiger partial charge >= 0.3 is 0 Å². The van der Waals surface area contributed by atoms with Gasteiger partial charge in [-0.25, -0.2) is 13.9 Å². The number of amides is 1. The minimum absolute atomic E-state index is 0.0568. The van der Waals surface area contributed by atoms with Crippen molar-refractivity contribution in [2.24, 2.45) is 0 Å². The van der Waals surface area contributed by atoms with Crippen LogP contribution in [0, 0.1) is 12.7 Å². The van der Waals surface area contributed by atoms with Gasteiger partial charge in [-0.05, 0) is 49.6 Å². The number of nitrogens with one attached hydrogen (secondary N) is 2. The number of ether oxygens (including phenoxy) is 1. The number of hydrogen-bond acceptors (Lipinski definition) is 6. The lowest BCUT2D eigenvalue weighted by atomic mass is 10.0. The van der Waals surface area contributed by atoms with Gasteiger partial charge in [-0.1, -0.05) is 6.07 Å². The van der Waals surface area contributed by atoms with Crippen LogP contribution in [-0.2, 0) is 0 Å². The quantitative estimate of drug-likeness (QED) is 0.384. The molecule has 1 fully saturated rings. The highest BCUT2D eigenvalue weighted by molar-refractivity contribution is 5.96. The zero-order valence-corrected chi connectivity index (χ0v) is 18.2. The molecule has 0 unspecified atom stereocenters. The first-order valence-corrected chi connectivity index (χ1v) is 10.6. The van der Waals surface area contributed by atoms with Crippen molar-refractivity contribution >= 4 is 22.9 Å². The summed E-state index contributed by atoms with van der Waals surface area (Å²) in [5.41, 5.74) is 10.6. The normalized spacial score (nSPS) is 13.2. The van der Waals surface area contributed by atoms with E-state index in [-0.39, 0.29) is 17.5 Å². The molecule has 1 aliphatic carbocycles. The maximum absolute atomic E-state index is 13.7. The molecule has 1 saturated carbocycles. The highest BCUT2D eigenvalue weighted by atomic mass is 19.1. The number of nitrogens with zero attached hydrogens (tertiary/aromatic N) is 3. The molecular formula is C24H23FN6O2. The minimum Gasteiger partial charge on any atom is -0.435 e.